The number of nitrogens with one attached hydrogen (secondary N) is 6. The Morgan fingerprint density at radius 1 is 0.716 bits per heavy atom. The van der Waals surface area contributed by atoms with E-state index in [1.54, 1.807) is 6.26 Å². The SMILES string of the molecule is C=C1C(=N)C(NCCC(=O)NC(Cc2ccc(-c3ccccc3)cc2)C(=O)NC(Cc2ccc(-c3ccccc3)cc2)C(=O)NC(CS)C(=O)OC)=CC=C1[N+](=O)[O-].CCCC.CS.ONO. The average molecular weight is 956 g/mol. The number of amides is 3. The number of thiol groups is 2. The Morgan fingerprint density at radius 3 is 1.54 bits per heavy atom. The molecule has 0 fully saturated rings. The lowest BCUT2D eigenvalue weighted by atomic mass is 9.98. The average Bonchev–Trinajstić information content (AvgIpc) is 3.35. The van der Waals surface area contributed by atoms with Crippen molar-refractivity contribution in [2.75, 3.05) is 25.7 Å². The summed E-state index contributed by atoms with van der Waals surface area (Å²) in [6.07, 6.45) is 6.95. The molecule has 0 aliphatic heterocycles. The Morgan fingerprint density at radius 2 is 1.13 bits per heavy atom. The van der Waals surface area contributed by atoms with Gasteiger partial charge in [0.2, 0.25) is 17.7 Å². The summed E-state index contributed by atoms with van der Waals surface area (Å²) in [6.45, 7) is 8.03. The number of nitro groups is 1. The van der Waals surface area contributed by atoms with Crippen LogP contribution in [0.5, 0.6) is 0 Å². The fourth-order valence-electron chi connectivity index (χ4n) is 6.22. The number of unbranched alkanes of at least 4 members (excludes halogenated alkanes) is 1. The molecule has 0 aromatic heterocycles. The number of esters is 1. The molecular formula is C49H61N7O9S2. The van der Waals surface area contributed by atoms with Gasteiger partial charge in [-0.3, -0.25) is 40.3 Å². The van der Waals surface area contributed by atoms with Crippen LogP contribution in [-0.4, -0.2) is 88.5 Å². The number of hydrogen-bond donors (Lipinski definition) is 10. The highest BCUT2D eigenvalue weighted by Gasteiger charge is 2.30. The van der Waals surface area contributed by atoms with E-state index in [-0.39, 0.29) is 54.2 Å². The molecule has 3 amide bonds. The van der Waals surface area contributed by atoms with E-state index in [9.17, 15) is 29.3 Å². The topological polar surface area (TPSA) is 245 Å². The van der Waals surface area contributed by atoms with Crippen molar-refractivity contribution >= 4 is 54.7 Å². The first-order valence-electron chi connectivity index (χ1n) is 21.2. The molecule has 0 heterocycles. The van der Waals surface area contributed by atoms with Crippen LogP contribution >= 0.6 is 25.3 Å². The molecule has 4 aromatic carbocycles. The number of carbonyl (C=O) groups is 4. The monoisotopic (exact) mass is 955 g/mol. The van der Waals surface area contributed by atoms with Crippen LogP contribution in [0, 0.1) is 15.5 Å². The predicted octanol–water partition coefficient (Wildman–Crippen LogP) is 6.68. The van der Waals surface area contributed by atoms with Crippen molar-refractivity contribution in [2.24, 2.45) is 0 Å². The van der Waals surface area contributed by atoms with Gasteiger partial charge < -0.3 is 26.0 Å². The Bertz CT molecular complexity index is 2280. The number of hydrogen-bond acceptors (Lipinski definition) is 14. The van der Waals surface area contributed by atoms with Crippen LogP contribution in [0.1, 0.15) is 44.2 Å². The van der Waals surface area contributed by atoms with E-state index in [4.69, 9.17) is 20.6 Å². The van der Waals surface area contributed by atoms with Crippen molar-refractivity contribution < 1.29 is 39.3 Å². The summed E-state index contributed by atoms with van der Waals surface area (Å²) in [5.41, 5.74) is 5.90. The number of ether oxygens (including phenoxy) is 1. The Labute approximate surface area is 402 Å². The molecule has 3 atom stereocenters. The van der Waals surface area contributed by atoms with Crippen molar-refractivity contribution in [2.45, 2.75) is 64.1 Å². The van der Waals surface area contributed by atoms with Gasteiger partial charge >= 0.3 is 5.97 Å². The van der Waals surface area contributed by atoms with Gasteiger partial charge in [0.15, 0.2) is 0 Å². The van der Waals surface area contributed by atoms with Crippen LogP contribution in [-0.2, 0) is 36.8 Å². The first kappa shape index (κ1) is 56.6. The lowest BCUT2D eigenvalue weighted by Crippen LogP contribution is -2.57. The third-order valence-corrected chi connectivity index (χ3v) is 10.3. The molecule has 16 nitrogen and oxygen atoms in total. The minimum Gasteiger partial charge on any atom is -0.467 e. The van der Waals surface area contributed by atoms with Crippen LogP contribution in [0.2, 0.25) is 0 Å². The van der Waals surface area contributed by atoms with Gasteiger partial charge in [0.25, 0.3) is 5.70 Å². The standard InChI is InChI=1S/C44H44N6O7S.C4H10.CH4S.H3NO2/c1-28-39(50(55)56)22-21-35(41(28)45)46-24-23-40(51)47-36(25-29-13-17-33(18-14-29)31-9-5-3-6-10-31)42(52)48-37(43(53)49-38(27-58)44(54)57-2)26-30-15-19-34(20-16-30)32-11-7-4-8-12-32;1-3-4-2;1-2;2-1-3/h3-22,36-38,45-46,58H,1,23-27H2,2H3,(H,47,51)(H,48,52)(H,49,53);3-4H2,1-2H3;2H,1H3;1-3H. The summed E-state index contributed by atoms with van der Waals surface area (Å²) < 4.78 is 4.83. The summed E-state index contributed by atoms with van der Waals surface area (Å²) in [5.74, 6) is -2.54. The molecule has 0 bridgehead atoms. The van der Waals surface area contributed by atoms with Crippen LogP contribution < -0.4 is 26.9 Å². The zero-order valence-corrected chi connectivity index (χ0v) is 39.8. The molecule has 0 spiro atoms. The van der Waals surface area contributed by atoms with Gasteiger partial charge in [-0.2, -0.15) is 25.3 Å². The molecule has 67 heavy (non-hydrogen) atoms. The molecule has 358 valence electrons. The number of nitrogens with zero attached hydrogens (tertiary/aromatic N) is 1. The second-order valence-electron chi connectivity index (χ2n) is 14.5. The van der Waals surface area contributed by atoms with Crippen LogP contribution in [0.25, 0.3) is 22.3 Å². The van der Waals surface area contributed by atoms with Crippen LogP contribution in [0.15, 0.2) is 145 Å². The number of benzene rings is 4. The van der Waals surface area contributed by atoms with E-state index in [2.05, 4.69) is 67.0 Å². The summed E-state index contributed by atoms with van der Waals surface area (Å²) in [7, 11) is 1.20. The fraction of sp³-hybridized carbons (Fsp3) is 0.286. The molecule has 8 N–H and O–H groups in total. The van der Waals surface area contributed by atoms with Gasteiger partial charge in [0.05, 0.1) is 29.0 Å². The van der Waals surface area contributed by atoms with Crippen LogP contribution in [0.4, 0.5) is 0 Å². The van der Waals surface area contributed by atoms with E-state index in [0.29, 0.717) is 0 Å². The zero-order chi connectivity index (χ0) is 49.7. The van der Waals surface area contributed by atoms with E-state index in [0.717, 1.165) is 39.0 Å². The second kappa shape index (κ2) is 31.4. The number of rotatable bonds is 19. The predicted molar refractivity (Wildman–Crippen MR) is 268 cm³/mol. The zero-order valence-electron chi connectivity index (χ0n) is 38.0. The minimum absolute atomic E-state index is 0.0394. The quantitative estimate of drug-likeness (QED) is 0.0206. The molecule has 1 aliphatic rings. The highest BCUT2D eigenvalue weighted by molar-refractivity contribution is 7.80. The fourth-order valence-corrected chi connectivity index (χ4v) is 6.46. The van der Waals surface area contributed by atoms with Crippen molar-refractivity contribution in [3.8, 4) is 22.3 Å². The highest BCUT2D eigenvalue weighted by atomic mass is 32.1. The third kappa shape index (κ3) is 19.1. The minimum atomic E-state index is -1.17. The maximum Gasteiger partial charge on any atom is 0.329 e. The molecular weight excluding hydrogens is 895 g/mol. The summed E-state index contributed by atoms with van der Waals surface area (Å²) in [6, 6.07) is 31.3. The van der Waals surface area contributed by atoms with E-state index < -0.39 is 46.7 Å². The van der Waals surface area contributed by atoms with E-state index in [1.165, 1.54) is 32.1 Å². The molecule has 5 rings (SSSR count). The maximum absolute atomic E-state index is 14.2. The summed E-state index contributed by atoms with van der Waals surface area (Å²) >= 11 is 7.73. The number of allylic oxidation sites excluding steroid dienone is 4. The number of methoxy groups -OCH3 is 1. The van der Waals surface area contributed by atoms with Crippen molar-refractivity contribution in [1.29, 1.82) is 5.41 Å². The Balaban J connectivity index is 0.00000158. The number of carbonyl (C=O) groups excluding carboxylic acids is 4. The summed E-state index contributed by atoms with van der Waals surface area (Å²) in [5, 5.41) is 44.5. The molecule has 0 saturated heterocycles. The lowest BCUT2D eigenvalue weighted by molar-refractivity contribution is -0.420. The van der Waals surface area contributed by atoms with Gasteiger partial charge in [0.1, 0.15) is 18.1 Å². The molecule has 0 saturated carbocycles. The maximum atomic E-state index is 14.2. The largest absolute Gasteiger partial charge is 0.467 e. The van der Waals surface area contributed by atoms with Crippen molar-refractivity contribution in [3.05, 3.63) is 166 Å². The molecule has 3 unspecified atom stereocenters. The lowest BCUT2D eigenvalue weighted by Gasteiger charge is -2.25. The normalized spacial score (nSPS) is 12.8. The molecule has 4 aromatic rings. The highest BCUT2D eigenvalue weighted by Crippen LogP contribution is 2.22. The van der Waals surface area contributed by atoms with Gasteiger partial charge in [-0.25, -0.2) is 4.79 Å². The van der Waals surface area contributed by atoms with Gasteiger partial charge in [0, 0.05) is 37.6 Å². The van der Waals surface area contributed by atoms with E-state index in [1.807, 2.05) is 109 Å². The smallest absolute Gasteiger partial charge is 0.329 e. The third-order valence-electron chi connectivity index (χ3n) is 9.92. The molecule has 18 heteroatoms. The Kier molecular flexibility index (Phi) is 26.5. The van der Waals surface area contributed by atoms with Crippen LogP contribution in [0.3, 0.4) is 0 Å². The molecule has 1 aliphatic carbocycles. The molecule has 0 radical (unpaired) electrons. The second-order valence-corrected chi connectivity index (χ2v) is 14.9. The van der Waals surface area contributed by atoms with Crippen molar-refractivity contribution in [1.82, 2.24) is 26.9 Å². The van der Waals surface area contributed by atoms with Gasteiger partial charge in [-0.15, -0.1) is 0 Å². The first-order chi connectivity index (χ1) is 32.3. The van der Waals surface area contributed by atoms with Crippen molar-refractivity contribution in [3.63, 3.8) is 0 Å². The van der Waals surface area contributed by atoms with E-state index >= 15 is 0 Å². The first-order valence-corrected chi connectivity index (χ1v) is 22.8. The Hall–Kier alpha value is -6.57. The van der Waals surface area contributed by atoms with Gasteiger partial charge in [-0.1, -0.05) is 148 Å². The summed E-state index contributed by atoms with van der Waals surface area (Å²) in [4.78, 5) is 64.4. The van der Waals surface area contributed by atoms with Gasteiger partial charge in [-0.05, 0) is 45.7 Å².